The lowest BCUT2D eigenvalue weighted by Crippen LogP contribution is -2.28. The molecule has 1 fully saturated rings. The summed E-state index contributed by atoms with van der Waals surface area (Å²) in [7, 11) is 0. The molecule has 2 atom stereocenters. The predicted molar refractivity (Wildman–Crippen MR) is 64.4 cm³/mol. The smallest absolute Gasteiger partial charge is 0.252 e. The molecule has 1 aromatic heterocycles. The van der Waals surface area contributed by atoms with E-state index < -0.39 is 0 Å². The lowest BCUT2D eigenvalue weighted by atomic mass is 10.1. The first-order valence-corrected chi connectivity index (χ1v) is 6.36. The molecule has 0 spiro atoms. The summed E-state index contributed by atoms with van der Waals surface area (Å²) in [5, 5.41) is 10.3. The number of halogens is 1. The maximum absolute atomic E-state index is 11.7. The number of rotatable bonds is 3. The number of alkyl halides is 1. The summed E-state index contributed by atoms with van der Waals surface area (Å²) >= 11 is 3.60. The van der Waals surface area contributed by atoms with Gasteiger partial charge in [0.15, 0.2) is 0 Å². The van der Waals surface area contributed by atoms with Crippen molar-refractivity contribution in [1.29, 1.82) is 0 Å². The average molecular weight is 284 g/mol. The molecule has 0 bridgehead atoms. The topological polar surface area (TPSA) is 54.9 Å². The molecule has 2 rings (SSSR count). The number of hydrogen-bond acceptors (Lipinski definition) is 3. The van der Waals surface area contributed by atoms with Crippen LogP contribution in [0.15, 0.2) is 18.5 Å². The zero-order valence-corrected chi connectivity index (χ0v) is 10.5. The Hall–Kier alpha value is -0.970. The van der Waals surface area contributed by atoms with Crippen LogP contribution in [0.2, 0.25) is 0 Å². The highest BCUT2D eigenvalue weighted by Gasteiger charge is 2.22. The SMILES string of the molecule is O=C(NCC1CCC(Br)C1)c1ccnnc1. The minimum Gasteiger partial charge on any atom is -0.352 e. The van der Waals surface area contributed by atoms with E-state index in [1.165, 1.54) is 25.2 Å². The van der Waals surface area contributed by atoms with Gasteiger partial charge in [0.1, 0.15) is 0 Å². The van der Waals surface area contributed by atoms with Gasteiger partial charge in [-0.1, -0.05) is 15.9 Å². The van der Waals surface area contributed by atoms with E-state index in [9.17, 15) is 4.79 Å². The molecule has 2 unspecified atom stereocenters. The van der Waals surface area contributed by atoms with Crippen LogP contribution >= 0.6 is 15.9 Å². The molecule has 4 nitrogen and oxygen atoms in total. The summed E-state index contributed by atoms with van der Waals surface area (Å²) in [5.74, 6) is 0.538. The van der Waals surface area contributed by atoms with Crippen LogP contribution < -0.4 is 5.32 Å². The van der Waals surface area contributed by atoms with E-state index in [1.807, 2.05) is 0 Å². The van der Waals surface area contributed by atoms with Gasteiger partial charge >= 0.3 is 0 Å². The second-order valence-corrected chi connectivity index (χ2v) is 5.41. The van der Waals surface area contributed by atoms with Crippen molar-refractivity contribution < 1.29 is 4.79 Å². The van der Waals surface area contributed by atoms with Gasteiger partial charge in [-0.2, -0.15) is 10.2 Å². The van der Waals surface area contributed by atoms with Gasteiger partial charge in [0.25, 0.3) is 5.91 Å². The average Bonchev–Trinajstić information content (AvgIpc) is 2.73. The first kappa shape index (κ1) is 11.5. The largest absolute Gasteiger partial charge is 0.352 e. The zero-order valence-electron chi connectivity index (χ0n) is 8.90. The molecule has 5 heteroatoms. The molecule has 0 saturated heterocycles. The molecule has 1 N–H and O–H groups in total. The Morgan fingerprint density at radius 2 is 2.38 bits per heavy atom. The molecule has 1 heterocycles. The number of hydrogen-bond donors (Lipinski definition) is 1. The number of carbonyl (C=O) groups is 1. The van der Waals surface area contributed by atoms with Crippen molar-refractivity contribution in [2.24, 2.45) is 5.92 Å². The molecule has 0 aromatic carbocycles. The highest BCUT2D eigenvalue weighted by Crippen LogP contribution is 2.29. The maximum Gasteiger partial charge on any atom is 0.252 e. The molecular weight excluding hydrogens is 270 g/mol. The van der Waals surface area contributed by atoms with Gasteiger partial charge in [0.05, 0.1) is 18.0 Å². The van der Waals surface area contributed by atoms with Crippen molar-refractivity contribution in [2.45, 2.75) is 24.1 Å². The third-order valence-electron chi connectivity index (χ3n) is 2.87. The van der Waals surface area contributed by atoms with Crippen molar-refractivity contribution in [3.63, 3.8) is 0 Å². The first-order chi connectivity index (χ1) is 7.75. The van der Waals surface area contributed by atoms with E-state index >= 15 is 0 Å². The highest BCUT2D eigenvalue weighted by atomic mass is 79.9. The second kappa shape index (κ2) is 5.39. The van der Waals surface area contributed by atoms with E-state index in [-0.39, 0.29) is 5.91 Å². The van der Waals surface area contributed by atoms with Crippen LogP contribution in [-0.4, -0.2) is 27.5 Å². The number of nitrogens with one attached hydrogen (secondary N) is 1. The van der Waals surface area contributed by atoms with Crippen LogP contribution in [0.3, 0.4) is 0 Å². The van der Waals surface area contributed by atoms with Crippen molar-refractivity contribution in [2.75, 3.05) is 6.54 Å². The van der Waals surface area contributed by atoms with Crippen molar-refractivity contribution >= 4 is 21.8 Å². The fourth-order valence-corrected chi connectivity index (χ4v) is 2.76. The van der Waals surface area contributed by atoms with E-state index in [0.29, 0.717) is 16.3 Å². The minimum absolute atomic E-state index is 0.0621. The van der Waals surface area contributed by atoms with E-state index in [1.54, 1.807) is 6.07 Å². The molecule has 0 radical (unpaired) electrons. The monoisotopic (exact) mass is 283 g/mol. The quantitative estimate of drug-likeness (QED) is 0.861. The van der Waals surface area contributed by atoms with Crippen LogP contribution in [0.1, 0.15) is 29.6 Å². The molecular formula is C11H14BrN3O. The fourth-order valence-electron chi connectivity index (χ4n) is 1.96. The molecule has 86 valence electrons. The van der Waals surface area contributed by atoms with Crippen molar-refractivity contribution in [3.8, 4) is 0 Å². The van der Waals surface area contributed by atoms with Crippen LogP contribution in [0.5, 0.6) is 0 Å². The van der Waals surface area contributed by atoms with Crippen LogP contribution in [0.25, 0.3) is 0 Å². The lowest BCUT2D eigenvalue weighted by molar-refractivity contribution is 0.0947. The zero-order chi connectivity index (χ0) is 11.4. The third-order valence-corrected chi connectivity index (χ3v) is 3.71. The minimum atomic E-state index is -0.0621. The molecule has 1 aliphatic carbocycles. The lowest BCUT2D eigenvalue weighted by Gasteiger charge is -2.10. The van der Waals surface area contributed by atoms with Gasteiger partial charge in [-0.15, -0.1) is 0 Å². The molecule has 16 heavy (non-hydrogen) atoms. The summed E-state index contributed by atoms with van der Waals surface area (Å²) in [5.41, 5.74) is 0.573. The Bertz CT molecular complexity index is 358. The van der Waals surface area contributed by atoms with Gasteiger partial charge in [0.2, 0.25) is 0 Å². The van der Waals surface area contributed by atoms with E-state index in [4.69, 9.17) is 0 Å². The van der Waals surface area contributed by atoms with E-state index in [2.05, 4.69) is 31.4 Å². The highest BCUT2D eigenvalue weighted by molar-refractivity contribution is 9.09. The Kier molecular flexibility index (Phi) is 3.88. The molecule has 0 aliphatic heterocycles. The van der Waals surface area contributed by atoms with Gasteiger partial charge in [0, 0.05) is 11.4 Å². The summed E-state index contributed by atoms with van der Waals surface area (Å²) in [4.78, 5) is 12.3. The Labute approximate surface area is 103 Å². The number of nitrogens with zero attached hydrogens (tertiary/aromatic N) is 2. The molecule has 1 aliphatic rings. The molecule has 1 saturated carbocycles. The fraction of sp³-hybridized carbons (Fsp3) is 0.545. The van der Waals surface area contributed by atoms with E-state index in [0.717, 1.165) is 13.0 Å². The van der Waals surface area contributed by atoms with Gasteiger partial charge in [-0.3, -0.25) is 4.79 Å². The van der Waals surface area contributed by atoms with Gasteiger partial charge in [-0.05, 0) is 31.2 Å². The number of aromatic nitrogens is 2. The first-order valence-electron chi connectivity index (χ1n) is 5.44. The Morgan fingerprint density at radius 1 is 1.50 bits per heavy atom. The normalized spacial score (nSPS) is 24.3. The van der Waals surface area contributed by atoms with Crippen LogP contribution in [0.4, 0.5) is 0 Å². The van der Waals surface area contributed by atoms with Crippen molar-refractivity contribution in [1.82, 2.24) is 15.5 Å². The third kappa shape index (κ3) is 3.01. The van der Waals surface area contributed by atoms with Gasteiger partial charge in [-0.25, -0.2) is 0 Å². The standard InChI is InChI=1S/C11H14BrN3O/c12-10-2-1-8(5-10)6-13-11(16)9-3-4-14-15-7-9/h3-4,7-8,10H,1-2,5-6H2,(H,13,16). The van der Waals surface area contributed by atoms with Gasteiger partial charge < -0.3 is 5.32 Å². The Balaban J connectivity index is 1.80. The van der Waals surface area contributed by atoms with Crippen molar-refractivity contribution in [3.05, 3.63) is 24.0 Å². The summed E-state index contributed by atoms with van der Waals surface area (Å²) in [6, 6.07) is 1.67. The maximum atomic E-state index is 11.7. The Morgan fingerprint density at radius 3 is 3.00 bits per heavy atom. The number of amides is 1. The van der Waals surface area contributed by atoms with Crippen LogP contribution in [-0.2, 0) is 0 Å². The number of carbonyl (C=O) groups excluding carboxylic acids is 1. The summed E-state index contributed by atoms with van der Waals surface area (Å²) in [6.07, 6.45) is 6.55. The summed E-state index contributed by atoms with van der Waals surface area (Å²) in [6.45, 7) is 0.753. The second-order valence-electron chi connectivity index (χ2n) is 4.12. The molecule has 1 aromatic rings. The van der Waals surface area contributed by atoms with Crippen LogP contribution in [0, 0.1) is 5.92 Å². The molecule has 1 amide bonds. The summed E-state index contributed by atoms with van der Waals surface area (Å²) < 4.78 is 0. The predicted octanol–water partition coefficient (Wildman–Crippen LogP) is 1.77.